The van der Waals surface area contributed by atoms with Crippen LogP contribution >= 0.6 is 15.9 Å². The maximum atomic E-state index is 12.5. The van der Waals surface area contributed by atoms with E-state index in [1.54, 1.807) is 12.1 Å². The fourth-order valence-corrected chi connectivity index (χ4v) is 3.18. The Morgan fingerprint density at radius 3 is 2.36 bits per heavy atom. The maximum absolute atomic E-state index is 12.5. The summed E-state index contributed by atoms with van der Waals surface area (Å²) < 4.78 is 0.942. The molecular formula is C19H19BrN2O3. The number of rotatable bonds is 3. The van der Waals surface area contributed by atoms with Gasteiger partial charge in [0, 0.05) is 34.7 Å². The molecule has 6 heteroatoms. The molecule has 0 aromatic heterocycles. The average Bonchev–Trinajstić information content (AvgIpc) is 2.62. The number of aromatic hydroxyl groups is 1. The lowest BCUT2D eigenvalue weighted by Gasteiger charge is -2.32. The Labute approximate surface area is 154 Å². The molecule has 0 aliphatic carbocycles. The van der Waals surface area contributed by atoms with Crippen molar-refractivity contribution in [3.8, 4) is 5.75 Å². The van der Waals surface area contributed by atoms with Crippen molar-refractivity contribution < 1.29 is 14.7 Å². The van der Waals surface area contributed by atoms with Crippen molar-refractivity contribution in [3.63, 3.8) is 0 Å². The lowest BCUT2D eigenvalue weighted by molar-refractivity contribution is 0.0698. The molecule has 1 aliphatic rings. The molecule has 1 aliphatic heterocycles. The Bertz CT molecular complexity index is 768. The number of benzene rings is 2. The Balaban J connectivity index is 1.54. The summed E-state index contributed by atoms with van der Waals surface area (Å²) in [5, 5.41) is 12.4. The van der Waals surface area contributed by atoms with E-state index in [1.165, 1.54) is 12.1 Å². The summed E-state index contributed by atoms with van der Waals surface area (Å²) in [6, 6.07) is 13.6. The molecule has 2 N–H and O–H groups in total. The highest BCUT2D eigenvalue weighted by atomic mass is 79.9. The zero-order valence-electron chi connectivity index (χ0n) is 13.6. The minimum atomic E-state index is -0.200. The lowest BCUT2D eigenvalue weighted by atomic mass is 10.0. The second-order valence-corrected chi connectivity index (χ2v) is 7.01. The number of nitrogens with zero attached hydrogens (tertiary/aromatic N) is 1. The first-order valence-electron chi connectivity index (χ1n) is 8.17. The van der Waals surface area contributed by atoms with Crippen molar-refractivity contribution in [2.75, 3.05) is 13.1 Å². The van der Waals surface area contributed by atoms with Crippen LogP contribution in [0.1, 0.15) is 33.6 Å². The third kappa shape index (κ3) is 4.39. The number of halogens is 1. The molecule has 25 heavy (non-hydrogen) atoms. The monoisotopic (exact) mass is 402 g/mol. The lowest BCUT2D eigenvalue weighted by Crippen LogP contribution is -2.46. The van der Waals surface area contributed by atoms with Crippen LogP contribution in [-0.4, -0.2) is 41.0 Å². The van der Waals surface area contributed by atoms with Crippen molar-refractivity contribution in [2.24, 2.45) is 0 Å². The van der Waals surface area contributed by atoms with Gasteiger partial charge in [-0.05, 0) is 55.3 Å². The van der Waals surface area contributed by atoms with Gasteiger partial charge in [0.25, 0.3) is 11.8 Å². The van der Waals surface area contributed by atoms with Crippen molar-refractivity contribution in [3.05, 3.63) is 64.1 Å². The van der Waals surface area contributed by atoms with Gasteiger partial charge in [0.2, 0.25) is 0 Å². The Morgan fingerprint density at radius 1 is 1.04 bits per heavy atom. The Kier molecular flexibility index (Phi) is 5.38. The van der Waals surface area contributed by atoms with Gasteiger partial charge in [-0.25, -0.2) is 0 Å². The number of piperidine rings is 1. The number of hydrogen-bond donors (Lipinski definition) is 2. The van der Waals surface area contributed by atoms with Gasteiger partial charge >= 0.3 is 0 Å². The summed E-state index contributed by atoms with van der Waals surface area (Å²) in [4.78, 5) is 26.5. The molecule has 3 rings (SSSR count). The molecular weight excluding hydrogens is 384 g/mol. The number of carbonyl (C=O) groups excluding carboxylic acids is 2. The van der Waals surface area contributed by atoms with Crippen LogP contribution in [0.15, 0.2) is 53.0 Å². The molecule has 1 fully saturated rings. The summed E-state index contributed by atoms with van der Waals surface area (Å²) in [5.41, 5.74) is 1.11. The van der Waals surface area contributed by atoms with Crippen LogP contribution < -0.4 is 5.32 Å². The van der Waals surface area contributed by atoms with Gasteiger partial charge in [0.15, 0.2) is 0 Å². The summed E-state index contributed by atoms with van der Waals surface area (Å²) in [6.45, 7) is 1.22. The zero-order chi connectivity index (χ0) is 17.8. The van der Waals surface area contributed by atoms with Crippen LogP contribution in [0.25, 0.3) is 0 Å². The van der Waals surface area contributed by atoms with Gasteiger partial charge < -0.3 is 15.3 Å². The highest BCUT2D eigenvalue weighted by Gasteiger charge is 2.24. The predicted octanol–water partition coefficient (Wildman–Crippen LogP) is 3.19. The summed E-state index contributed by atoms with van der Waals surface area (Å²) in [6.07, 6.45) is 1.43. The second kappa shape index (κ2) is 7.70. The van der Waals surface area contributed by atoms with Gasteiger partial charge in [0.1, 0.15) is 5.75 Å². The molecule has 2 aromatic rings. The minimum Gasteiger partial charge on any atom is -0.508 e. The number of nitrogens with one attached hydrogen (secondary N) is 1. The van der Waals surface area contributed by atoms with Crippen molar-refractivity contribution in [1.29, 1.82) is 0 Å². The van der Waals surface area contributed by atoms with Gasteiger partial charge in [0.05, 0.1) is 0 Å². The van der Waals surface area contributed by atoms with E-state index >= 15 is 0 Å². The normalized spacial score (nSPS) is 15.0. The first-order valence-corrected chi connectivity index (χ1v) is 8.97. The topological polar surface area (TPSA) is 69.6 Å². The van der Waals surface area contributed by atoms with Crippen molar-refractivity contribution >= 4 is 27.7 Å². The fourth-order valence-electron chi connectivity index (χ4n) is 2.92. The van der Waals surface area contributed by atoms with E-state index in [4.69, 9.17) is 0 Å². The molecule has 1 saturated heterocycles. The van der Waals surface area contributed by atoms with Crippen LogP contribution in [0.3, 0.4) is 0 Å². The SMILES string of the molecule is O=C(NC1CCN(C(=O)c2ccc(Br)cc2)CC1)c1cccc(O)c1. The van der Waals surface area contributed by atoms with Crippen LogP contribution in [-0.2, 0) is 0 Å². The third-order valence-electron chi connectivity index (χ3n) is 4.32. The predicted molar refractivity (Wildman–Crippen MR) is 98.6 cm³/mol. The van der Waals surface area contributed by atoms with E-state index in [9.17, 15) is 14.7 Å². The first kappa shape index (κ1) is 17.5. The number of likely N-dealkylation sites (tertiary alicyclic amines) is 1. The molecule has 5 nitrogen and oxygen atoms in total. The molecule has 0 unspecified atom stereocenters. The Hall–Kier alpha value is -2.34. The number of carbonyl (C=O) groups is 2. The first-order chi connectivity index (χ1) is 12.0. The standard InChI is InChI=1S/C19H19BrN2O3/c20-15-6-4-13(5-7-15)19(25)22-10-8-16(9-11-22)21-18(24)14-2-1-3-17(23)12-14/h1-7,12,16,23H,8-11H2,(H,21,24). The van der Waals surface area contributed by atoms with E-state index < -0.39 is 0 Å². The average molecular weight is 403 g/mol. The highest BCUT2D eigenvalue weighted by Crippen LogP contribution is 2.17. The molecule has 1 heterocycles. The van der Waals surface area contributed by atoms with Crippen molar-refractivity contribution in [2.45, 2.75) is 18.9 Å². The molecule has 0 bridgehead atoms. The molecule has 0 spiro atoms. The van der Waals surface area contributed by atoms with E-state index in [1.807, 2.05) is 29.2 Å². The quantitative estimate of drug-likeness (QED) is 0.827. The van der Waals surface area contributed by atoms with Crippen LogP contribution in [0, 0.1) is 0 Å². The number of amides is 2. The number of phenolic OH excluding ortho intramolecular Hbond substituents is 1. The van der Waals surface area contributed by atoms with E-state index in [-0.39, 0.29) is 23.6 Å². The molecule has 0 radical (unpaired) electrons. The van der Waals surface area contributed by atoms with Crippen LogP contribution in [0.5, 0.6) is 5.75 Å². The Morgan fingerprint density at radius 2 is 1.72 bits per heavy atom. The molecule has 0 saturated carbocycles. The van der Waals surface area contributed by atoms with E-state index in [0.717, 1.165) is 4.47 Å². The zero-order valence-corrected chi connectivity index (χ0v) is 15.2. The smallest absolute Gasteiger partial charge is 0.253 e. The van der Waals surface area contributed by atoms with Crippen LogP contribution in [0.4, 0.5) is 0 Å². The van der Waals surface area contributed by atoms with Gasteiger partial charge in [-0.3, -0.25) is 9.59 Å². The van der Waals surface area contributed by atoms with Gasteiger partial charge in [-0.15, -0.1) is 0 Å². The molecule has 2 aromatic carbocycles. The summed E-state index contributed by atoms with van der Waals surface area (Å²) >= 11 is 3.36. The fraction of sp³-hybridized carbons (Fsp3) is 0.263. The van der Waals surface area contributed by atoms with E-state index in [2.05, 4.69) is 21.2 Å². The largest absolute Gasteiger partial charge is 0.508 e. The molecule has 2 amide bonds. The number of hydrogen-bond acceptors (Lipinski definition) is 3. The third-order valence-corrected chi connectivity index (χ3v) is 4.85. The van der Waals surface area contributed by atoms with Crippen molar-refractivity contribution in [1.82, 2.24) is 10.2 Å². The summed E-state index contributed by atoms with van der Waals surface area (Å²) in [5.74, 6) is -0.110. The maximum Gasteiger partial charge on any atom is 0.253 e. The molecule has 0 atom stereocenters. The van der Waals surface area contributed by atoms with Gasteiger partial charge in [-0.1, -0.05) is 22.0 Å². The summed E-state index contributed by atoms with van der Waals surface area (Å²) in [7, 11) is 0. The van der Waals surface area contributed by atoms with Crippen LogP contribution in [0.2, 0.25) is 0 Å². The minimum absolute atomic E-state index is 0.0188. The highest BCUT2D eigenvalue weighted by molar-refractivity contribution is 9.10. The van der Waals surface area contributed by atoms with E-state index in [0.29, 0.717) is 37.1 Å². The second-order valence-electron chi connectivity index (χ2n) is 6.10. The number of phenols is 1. The molecule has 130 valence electrons. The van der Waals surface area contributed by atoms with Gasteiger partial charge in [-0.2, -0.15) is 0 Å².